The summed E-state index contributed by atoms with van der Waals surface area (Å²) in [6.45, 7) is -1.96. The average molecular weight is 559 g/mol. The number of aliphatic hydroxyl groups is 2. The fourth-order valence-electron chi connectivity index (χ4n) is 3.38. The molecule has 196 valence electrons. The van der Waals surface area contributed by atoms with Crippen LogP contribution in [0.2, 0.25) is 10.0 Å². The molecule has 3 aromatic heterocycles. The second-order valence-electron chi connectivity index (χ2n) is 7.83. The Morgan fingerprint density at radius 1 is 1.11 bits per heavy atom. The van der Waals surface area contributed by atoms with E-state index in [9.17, 15) is 28.2 Å². The Morgan fingerprint density at radius 3 is 2.43 bits per heavy atom. The molecule has 0 aliphatic carbocycles. The van der Waals surface area contributed by atoms with Crippen molar-refractivity contribution < 1.29 is 23.4 Å². The second-order valence-corrected chi connectivity index (χ2v) is 8.68. The van der Waals surface area contributed by atoms with Crippen molar-refractivity contribution in [2.45, 2.75) is 31.4 Å². The molecule has 0 aliphatic heterocycles. The van der Waals surface area contributed by atoms with Crippen LogP contribution in [0, 0.1) is 0 Å². The molecular weight excluding hydrogens is 540 g/mol. The van der Waals surface area contributed by atoms with Gasteiger partial charge < -0.3 is 15.9 Å². The predicted octanol–water partition coefficient (Wildman–Crippen LogP) is 1.96. The molecule has 4 N–H and O–H groups in total. The summed E-state index contributed by atoms with van der Waals surface area (Å²) in [6, 6.07) is 8.06. The maximum Gasteiger partial charge on any atom is 0.416 e. The lowest BCUT2D eigenvalue weighted by atomic mass is 10.2. The number of aromatic nitrogens is 7. The van der Waals surface area contributed by atoms with Crippen molar-refractivity contribution in [2.75, 3.05) is 6.61 Å². The smallest absolute Gasteiger partial charge is 0.394 e. The molecule has 37 heavy (non-hydrogen) atoms. The van der Waals surface area contributed by atoms with Crippen molar-refractivity contribution in [3.8, 4) is 17.2 Å². The van der Waals surface area contributed by atoms with Crippen LogP contribution in [0.25, 0.3) is 17.2 Å². The molecule has 4 rings (SSSR count). The minimum atomic E-state index is -4.96. The first kappa shape index (κ1) is 26.8. The standard InChI is InChI=1S/C21H19Cl2F3N8O3/c22-12-5-3-11(4-6-12)17-31-33(20(37)32(17)8-15(36)21(24,25)26)9-16-29-19(14(27)10-35)34(30-16)18-13(23)2-1-7-28-18/h1-7,14-15,35-36H,8-10,27H2/t14-,15+/m1/s1. The van der Waals surface area contributed by atoms with Gasteiger partial charge in [0.25, 0.3) is 0 Å². The Balaban J connectivity index is 1.78. The highest BCUT2D eigenvalue weighted by atomic mass is 35.5. The summed E-state index contributed by atoms with van der Waals surface area (Å²) in [7, 11) is 0. The van der Waals surface area contributed by atoms with E-state index < -0.39 is 37.2 Å². The van der Waals surface area contributed by atoms with Crippen molar-refractivity contribution >= 4 is 23.2 Å². The molecule has 1 aromatic carbocycles. The molecule has 0 amide bonds. The lowest BCUT2D eigenvalue weighted by Crippen LogP contribution is -2.37. The molecule has 0 saturated heterocycles. The zero-order chi connectivity index (χ0) is 26.9. The number of hydrogen-bond acceptors (Lipinski definition) is 8. The summed E-state index contributed by atoms with van der Waals surface area (Å²) in [4.78, 5) is 21.5. The van der Waals surface area contributed by atoms with Gasteiger partial charge in [0.05, 0.1) is 24.2 Å². The third kappa shape index (κ3) is 5.67. The molecule has 0 radical (unpaired) electrons. The molecule has 4 aromatic rings. The van der Waals surface area contributed by atoms with Crippen molar-refractivity contribution in [1.82, 2.24) is 34.1 Å². The fourth-order valence-corrected chi connectivity index (χ4v) is 3.71. The molecule has 0 bridgehead atoms. The summed E-state index contributed by atoms with van der Waals surface area (Å²) >= 11 is 12.1. The van der Waals surface area contributed by atoms with Gasteiger partial charge in [0.2, 0.25) is 0 Å². The lowest BCUT2D eigenvalue weighted by molar-refractivity contribution is -0.207. The molecule has 16 heteroatoms. The number of nitrogens with zero attached hydrogens (tertiary/aromatic N) is 7. The van der Waals surface area contributed by atoms with Crippen LogP contribution in [0.1, 0.15) is 17.7 Å². The topological polar surface area (TPSA) is 150 Å². The highest BCUT2D eigenvalue weighted by Gasteiger charge is 2.39. The van der Waals surface area contributed by atoms with Gasteiger partial charge in [-0.1, -0.05) is 23.2 Å². The van der Waals surface area contributed by atoms with Crippen LogP contribution >= 0.6 is 23.2 Å². The largest absolute Gasteiger partial charge is 0.416 e. The number of halogens is 5. The second kappa shape index (κ2) is 10.6. The number of pyridine rings is 1. The number of benzene rings is 1. The normalized spacial score (nSPS) is 13.6. The third-order valence-corrected chi connectivity index (χ3v) is 5.74. The summed E-state index contributed by atoms with van der Waals surface area (Å²) in [6.07, 6.45) is -6.32. The summed E-state index contributed by atoms with van der Waals surface area (Å²) in [5.74, 6) is 0.0988. The van der Waals surface area contributed by atoms with Crippen LogP contribution in [-0.2, 0) is 13.1 Å². The van der Waals surface area contributed by atoms with Crippen LogP contribution in [-0.4, -0.2) is 63.2 Å². The number of nitrogens with two attached hydrogens (primary N) is 1. The zero-order valence-electron chi connectivity index (χ0n) is 18.7. The first-order valence-corrected chi connectivity index (χ1v) is 11.4. The first-order valence-electron chi connectivity index (χ1n) is 10.6. The zero-order valence-corrected chi connectivity index (χ0v) is 20.2. The van der Waals surface area contributed by atoms with E-state index in [2.05, 4.69) is 20.2 Å². The van der Waals surface area contributed by atoms with Gasteiger partial charge in [0, 0.05) is 16.8 Å². The number of aliphatic hydroxyl groups excluding tert-OH is 2. The number of alkyl halides is 3. The molecule has 0 saturated carbocycles. The Bertz CT molecular complexity index is 1450. The minimum absolute atomic E-state index is 0.00797. The third-order valence-electron chi connectivity index (χ3n) is 5.19. The molecule has 2 atom stereocenters. The highest BCUT2D eigenvalue weighted by molar-refractivity contribution is 6.32. The fraction of sp³-hybridized carbons (Fsp3) is 0.286. The summed E-state index contributed by atoms with van der Waals surface area (Å²) in [5.41, 5.74) is 5.29. The van der Waals surface area contributed by atoms with Gasteiger partial charge in [0.1, 0.15) is 6.54 Å². The summed E-state index contributed by atoms with van der Waals surface area (Å²) < 4.78 is 42.0. The maximum atomic E-state index is 13.1. The van der Waals surface area contributed by atoms with Gasteiger partial charge in [-0.2, -0.15) is 17.9 Å². The Morgan fingerprint density at radius 2 is 1.81 bits per heavy atom. The predicted molar refractivity (Wildman–Crippen MR) is 126 cm³/mol. The Kier molecular flexibility index (Phi) is 7.66. The van der Waals surface area contributed by atoms with Gasteiger partial charge in [-0.3, -0.25) is 4.57 Å². The van der Waals surface area contributed by atoms with E-state index in [-0.39, 0.29) is 40.4 Å². The Labute approximate surface area is 216 Å². The first-order chi connectivity index (χ1) is 17.5. The van der Waals surface area contributed by atoms with Crippen LogP contribution in [0.4, 0.5) is 13.2 Å². The van der Waals surface area contributed by atoms with Crippen molar-refractivity contribution in [1.29, 1.82) is 0 Å². The van der Waals surface area contributed by atoms with Crippen molar-refractivity contribution in [2.24, 2.45) is 5.73 Å². The van der Waals surface area contributed by atoms with Gasteiger partial charge in [-0.05, 0) is 36.4 Å². The van der Waals surface area contributed by atoms with E-state index in [0.29, 0.717) is 9.59 Å². The Hall–Kier alpha value is -3.30. The molecule has 11 nitrogen and oxygen atoms in total. The van der Waals surface area contributed by atoms with E-state index in [1.165, 1.54) is 35.1 Å². The van der Waals surface area contributed by atoms with Crippen LogP contribution in [0.15, 0.2) is 47.4 Å². The molecule has 0 fully saturated rings. The minimum Gasteiger partial charge on any atom is -0.394 e. The van der Waals surface area contributed by atoms with E-state index in [4.69, 9.17) is 28.9 Å². The quantitative estimate of drug-likeness (QED) is 0.297. The number of rotatable bonds is 8. The monoisotopic (exact) mass is 558 g/mol. The van der Waals surface area contributed by atoms with Gasteiger partial charge >= 0.3 is 11.9 Å². The van der Waals surface area contributed by atoms with Gasteiger partial charge in [-0.15, -0.1) is 10.2 Å². The van der Waals surface area contributed by atoms with E-state index in [1.54, 1.807) is 12.1 Å². The molecule has 0 aliphatic rings. The SMILES string of the molecule is N[C@H](CO)c1nc(Cn2nc(-c3ccc(Cl)cc3)n(C[C@H](O)C(F)(F)F)c2=O)nn1-c1ncccc1Cl. The van der Waals surface area contributed by atoms with E-state index >= 15 is 0 Å². The van der Waals surface area contributed by atoms with E-state index in [1.807, 2.05) is 0 Å². The van der Waals surface area contributed by atoms with Crippen molar-refractivity contribution in [3.63, 3.8) is 0 Å². The molecule has 3 heterocycles. The van der Waals surface area contributed by atoms with Crippen LogP contribution in [0.3, 0.4) is 0 Å². The van der Waals surface area contributed by atoms with Gasteiger partial charge in [-0.25, -0.2) is 19.4 Å². The molecular formula is C21H19Cl2F3N8O3. The lowest BCUT2D eigenvalue weighted by Gasteiger charge is -2.15. The number of hydrogen-bond donors (Lipinski definition) is 3. The highest BCUT2D eigenvalue weighted by Crippen LogP contribution is 2.24. The molecule has 0 unspecified atom stereocenters. The van der Waals surface area contributed by atoms with Crippen LogP contribution < -0.4 is 11.4 Å². The molecule has 0 spiro atoms. The van der Waals surface area contributed by atoms with Crippen molar-refractivity contribution in [3.05, 3.63) is 74.8 Å². The van der Waals surface area contributed by atoms with Gasteiger partial charge in [0.15, 0.2) is 29.4 Å². The maximum absolute atomic E-state index is 13.1. The van der Waals surface area contributed by atoms with E-state index in [0.717, 1.165) is 4.68 Å². The van der Waals surface area contributed by atoms with Crippen LogP contribution in [0.5, 0.6) is 0 Å². The average Bonchev–Trinajstić information content (AvgIpc) is 3.40. The summed E-state index contributed by atoms with van der Waals surface area (Å²) in [5, 5.41) is 28.2.